The molecule has 0 rings (SSSR count). The molecule has 0 heterocycles. The van der Waals surface area contributed by atoms with Crippen LogP contribution in [0.2, 0.25) is 0 Å². The molecule has 0 aromatic carbocycles. The van der Waals surface area contributed by atoms with Crippen LogP contribution in [0.3, 0.4) is 0 Å². The lowest BCUT2D eigenvalue weighted by atomic mass is 10.7. The van der Waals surface area contributed by atoms with E-state index in [-0.39, 0.29) is 6.41 Å². The van der Waals surface area contributed by atoms with Crippen molar-refractivity contribution >= 4 is 0 Å². The summed E-state index contributed by atoms with van der Waals surface area (Å²) in [6.07, 6.45) is -0.222. The van der Waals surface area contributed by atoms with E-state index in [1.54, 1.807) is 0 Å². The highest BCUT2D eigenvalue weighted by Crippen LogP contribution is 1.88. The van der Waals surface area contributed by atoms with Gasteiger partial charge in [-0.3, -0.25) is 5.32 Å². The fourth-order valence-corrected chi connectivity index (χ4v) is 0.635. The van der Waals surface area contributed by atoms with Gasteiger partial charge in [0.1, 0.15) is 0 Å². The number of ether oxygens (including phenoxy) is 2. The van der Waals surface area contributed by atoms with Crippen molar-refractivity contribution < 1.29 is 9.47 Å². The Morgan fingerprint density at radius 1 is 1.10 bits per heavy atom. The van der Waals surface area contributed by atoms with Crippen LogP contribution in [-0.2, 0) is 9.47 Å². The largest absolute Gasteiger partial charge is 0.340 e. The first-order valence-electron chi connectivity index (χ1n) is 3.81. The number of rotatable bonds is 6. The van der Waals surface area contributed by atoms with Crippen molar-refractivity contribution in [3.63, 3.8) is 0 Å². The van der Waals surface area contributed by atoms with Gasteiger partial charge in [-0.05, 0) is 20.4 Å². The molecule has 0 saturated carbocycles. The lowest BCUT2D eigenvalue weighted by Crippen LogP contribution is -2.34. The van der Waals surface area contributed by atoms with E-state index < -0.39 is 0 Å². The van der Waals surface area contributed by atoms with Crippen LogP contribution in [0.4, 0.5) is 0 Å². The Morgan fingerprint density at radius 3 is 1.90 bits per heavy atom. The summed E-state index contributed by atoms with van der Waals surface area (Å²) in [5.41, 5.74) is 0. The molecule has 0 bridgehead atoms. The van der Waals surface area contributed by atoms with Crippen molar-refractivity contribution in [1.82, 2.24) is 5.32 Å². The zero-order valence-corrected chi connectivity index (χ0v) is 7.02. The van der Waals surface area contributed by atoms with Gasteiger partial charge in [0, 0.05) is 13.2 Å². The van der Waals surface area contributed by atoms with Gasteiger partial charge in [0.05, 0.1) is 0 Å². The van der Waals surface area contributed by atoms with Gasteiger partial charge in [-0.2, -0.15) is 0 Å². The number of nitrogens with one attached hydrogen (secondary N) is 1. The summed E-state index contributed by atoms with van der Waals surface area (Å²) in [4.78, 5) is 0. The smallest absolute Gasteiger partial charge is 0.216 e. The van der Waals surface area contributed by atoms with Gasteiger partial charge >= 0.3 is 0 Å². The van der Waals surface area contributed by atoms with Crippen LogP contribution < -0.4 is 5.32 Å². The molecule has 0 saturated heterocycles. The minimum atomic E-state index is -0.222. The second-order valence-electron chi connectivity index (χ2n) is 1.80. The minimum Gasteiger partial charge on any atom is -0.340 e. The van der Waals surface area contributed by atoms with E-state index in [9.17, 15) is 0 Å². The van der Waals surface area contributed by atoms with Crippen molar-refractivity contribution in [1.29, 1.82) is 0 Å². The molecule has 0 aromatic heterocycles. The lowest BCUT2D eigenvalue weighted by Gasteiger charge is -2.16. The van der Waals surface area contributed by atoms with Crippen molar-refractivity contribution in [2.75, 3.05) is 19.8 Å². The van der Waals surface area contributed by atoms with Gasteiger partial charge in [-0.15, -0.1) is 0 Å². The molecule has 0 aliphatic heterocycles. The van der Waals surface area contributed by atoms with E-state index in [4.69, 9.17) is 9.47 Å². The second-order valence-corrected chi connectivity index (χ2v) is 1.80. The monoisotopic (exact) mass is 147 g/mol. The average molecular weight is 147 g/mol. The van der Waals surface area contributed by atoms with Crippen LogP contribution in [0.25, 0.3) is 0 Å². The lowest BCUT2D eigenvalue weighted by molar-refractivity contribution is -0.153. The van der Waals surface area contributed by atoms with Gasteiger partial charge in [-0.25, -0.2) is 0 Å². The molecular weight excluding hydrogens is 130 g/mol. The minimum absolute atomic E-state index is 0.222. The Bertz CT molecular complexity index is 54.4. The Kier molecular flexibility index (Phi) is 6.91. The zero-order chi connectivity index (χ0) is 7.82. The third-order valence-corrected chi connectivity index (χ3v) is 1.01. The summed E-state index contributed by atoms with van der Waals surface area (Å²) in [6.45, 7) is 8.14. The quantitative estimate of drug-likeness (QED) is 0.567. The molecular formula is C7H17NO2. The molecule has 1 N–H and O–H groups in total. The predicted molar refractivity (Wildman–Crippen MR) is 40.7 cm³/mol. The topological polar surface area (TPSA) is 30.5 Å². The van der Waals surface area contributed by atoms with Crippen LogP contribution >= 0.6 is 0 Å². The zero-order valence-electron chi connectivity index (χ0n) is 7.02. The summed E-state index contributed by atoms with van der Waals surface area (Å²) < 4.78 is 10.4. The third-order valence-electron chi connectivity index (χ3n) is 1.01. The highest BCUT2D eigenvalue weighted by atomic mass is 16.7. The molecule has 0 aromatic rings. The maximum Gasteiger partial charge on any atom is 0.216 e. The normalized spacial score (nSPS) is 10.8. The highest BCUT2D eigenvalue weighted by Gasteiger charge is 2.02. The van der Waals surface area contributed by atoms with Gasteiger partial charge in [-0.1, -0.05) is 6.92 Å². The van der Waals surface area contributed by atoms with Gasteiger partial charge < -0.3 is 9.47 Å². The molecule has 0 atom stereocenters. The van der Waals surface area contributed by atoms with Gasteiger partial charge in [0.25, 0.3) is 0 Å². The summed E-state index contributed by atoms with van der Waals surface area (Å²) in [7, 11) is 0. The van der Waals surface area contributed by atoms with Gasteiger partial charge in [0.2, 0.25) is 6.41 Å². The molecule has 3 heteroatoms. The molecule has 0 amide bonds. The first-order valence-corrected chi connectivity index (χ1v) is 3.81. The number of hydrogen-bond donors (Lipinski definition) is 1. The molecule has 0 unspecified atom stereocenters. The Labute approximate surface area is 62.7 Å². The van der Waals surface area contributed by atoms with Crippen LogP contribution in [0, 0.1) is 0 Å². The van der Waals surface area contributed by atoms with E-state index in [1.807, 2.05) is 20.8 Å². The molecule has 3 nitrogen and oxygen atoms in total. The first-order chi connectivity index (χ1) is 4.85. The summed E-state index contributed by atoms with van der Waals surface area (Å²) in [6, 6.07) is 0. The van der Waals surface area contributed by atoms with E-state index in [2.05, 4.69) is 5.32 Å². The predicted octanol–water partition coefficient (Wildman–Crippen LogP) is 0.952. The van der Waals surface area contributed by atoms with Crippen LogP contribution in [-0.4, -0.2) is 26.2 Å². The van der Waals surface area contributed by atoms with E-state index in [0.29, 0.717) is 13.2 Å². The van der Waals surface area contributed by atoms with Crippen LogP contribution in [0.15, 0.2) is 0 Å². The van der Waals surface area contributed by atoms with Crippen molar-refractivity contribution in [2.24, 2.45) is 0 Å². The van der Waals surface area contributed by atoms with Crippen molar-refractivity contribution in [2.45, 2.75) is 27.2 Å². The molecule has 0 fully saturated rings. The summed E-state index contributed by atoms with van der Waals surface area (Å²) >= 11 is 0. The molecule has 0 aliphatic carbocycles. The third kappa shape index (κ3) is 4.73. The Morgan fingerprint density at radius 2 is 1.60 bits per heavy atom. The standard InChI is InChI=1S/C7H17NO2/c1-4-8-7(9-5-2)10-6-3/h7-8H,4-6H2,1-3H3. The first kappa shape index (κ1) is 9.88. The SMILES string of the molecule is CCNC(OCC)OCC. The Hall–Kier alpha value is -0.120. The second kappa shape index (κ2) is 6.99. The summed E-state index contributed by atoms with van der Waals surface area (Å²) in [5, 5.41) is 3.04. The molecule has 0 spiro atoms. The molecule has 10 heavy (non-hydrogen) atoms. The van der Waals surface area contributed by atoms with Gasteiger partial charge in [0.15, 0.2) is 0 Å². The fourth-order valence-electron chi connectivity index (χ4n) is 0.635. The Balaban J connectivity index is 3.30. The van der Waals surface area contributed by atoms with Crippen molar-refractivity contribution in [3.8, 4) is 0 Å². The van der Waals surface area contributed by atoms with E-state index >= 15 is 0 Å². The van der Waals surface area contributed by atoms with E-state index in [1.165, 1.54) is 0 Å². The highest BCUT2D eigenvalue weighted by molar-refractivity contribution is 4.37. The average Bonchev–Trinajstić information content (AvgIpc) is 1.90. The molecule has 62 valence electrons. The number of hydrogen-bond acceptors (Lipinski definition) is 3. The van der Waals surface area contributed by atoms with Crippen LogP contribution in [0.1, 0.15) is 20.8 Å². The van der Waals surface area contributed by atoms with Crippen molar-refractivity contribution in [3.05, 3.63) is 0 Å². The fraction of sp³-hybridized carbons (Fsp3) is 1.00. The van der Waals surface area contributed by atoms with Crippen LogP contribution in [0.5, 0.6) is 0 Å². The van der Waals surface area contributed by atoms with E-state index in [0.717, 1.165) is 6.54 Å². The molecule has 0 aliphatic rings. The summed E-state index contributed by atoms with van der Waals surface area (Å²) in [5.74, 6) is 0. The maximum atomic E-state index is 5.19. The molecule has 0 radical (unpaired) electrons. The maximum absolute atomic E-state index is 5.19.